The van der Waals surface area contributed by atoms with Gasteiger partial charge in [0.2, 0.25) is 0 Å². The maximum atomic E-state index is 12.8. The molecule has 0 fully saturated rings. The molecule has 1 heterocycles. The van der Waals surface area contributed by atoms with Gasteiger partial charge in [0, 0.05) is 26.5 Å². The van der Waals surface area contributed by atoms with Crippen molar-refractivity contribution < 1.29 is 14.1 Å². The van der Waals surface area contributed by atoms with E-state index in [4.69, 9.17) is 4.74 Å². The summed E-state index contributed by atoms with van der Waals surface area (Å²) in [5, 5.41) is 1.18. The topological polar surface area (TPSA) is 61.4 Å². The van der Waals surface area contributed by atoms with E-state index >= 15 is 0 Å². The fraction of sp³-hybridized carbons (Fsp3) is 0.400. The second-order valence-corrected chi connectivity index (χ2v) is 11.7. The van der Waals surface area contributed by atoms with Gasteiger partial charge in [0.25, 0.3) is 0 Å². The van der Waals surface area contributed by atoms with Gasteiger partial charge in [-0.2, -0.15) is 0 Å². The first kappa shape index (κ1) is 25.2. The van der Waals surface area contributed by atoms with Crippen molar-refractivity contribution in [3.63, 3.8) is 0 Å². The molecule has 0 spiro atoms. The zero-order chi connectivity index (χ0) is 23.4. The van der Waals surface area contributed by atoms with E-state index in [0.29, 0.717) is 5.57 Å². The summed E-state index contributed by atoms with van der Waals surface area (Å²) in [6.07, 6.45) is 3.92. The van der Waals surface area contributed by atoms with Crippen molar-refractivity contribution in [3.8, 4) is 11.8 Å². The van der Waals surface area contributed by atoms with Crippen molar-refractivity contribution in [2.45, 2.75) is 58.2 Å². The van der Waals surface area contributed by atoms with Crippen LogP contribution in [0.3, 0.4) is 0 Å². The molecule has 0 saturated heterocycles. The number of nitrogens with one attached hydrogen (secondary N) is 1. The predicted molar refractivity (Wildman–Crippen MR) is 133 cm³/mol. The number of rotatable bonds is 7. The van der Waals surface area contributed by atoms with Crippen molar-refractivity contribution in [3.05, 3.63) is 52.4 Å². The Kier molecular flexibility index (Phi) is 8.18. The number of hydrogen-bond acceptors (Lipinski definition) is 5. The van der Waals surface area contributed by atoms with Gasteiger partial charge in [0.1, 0.15) is 4.75 Å². The number of ether oxygens (including phenoxy) is 1. The number of aryl methyl sites for hydroxylation is 1. The van der Waals surface area contributed by atoms with Crippen LogP contribution in [0.1, 0.15) is 57.0 Å². The Bertz CT molecular complexity index is 1070. The number of carbonyl (C=O) groups excluding carboxylic acids is 1. The molecule has 0 saturated carbocycles. The van der Waals surface area contributed by atoms with Crippen molar-refractivity contribution in [1.29, 1.82) is 0 Å². The third-order valence-electron chi connectivity index (χ3n) is 4.99. The third-order valence-corrected chi connectivity index (χ3v) is 7.97. The van der Waals surface area contributed by atoms with E-state index in [9.17, 15) is 9.35 Å². The lowest BCUT2D eigenvalue weighted by Crippen LogP contribution is -2.53. The number of thiophene rings is 1. The first-order chi connectivity index (χ1) is 14.4. The molecule has 6 heteroatoms. The first-order valence-electron chi connectivity index (χ1n) is 10.0. The molecule has 2 rings (SSSR count). The Hall–Kier alpha value is -2.04. The van der Waals surface area contributed by atoms with Gasteiger partial charge >= 0.3 is 5.97 Å². The standard InChI is InChI=1S/C25H31NO3S2/c1-9-10-19-12-14-22-20(15-19)18(3)21(30-22)13-11-17(2)25(7,16-23(27)29-8)26-31(28)24(4,5)6/h11-15,26H,2,16H2,1,3-8H3/b13-11-. The van der Waals surface area contributed by atoms with E-state index in [1.165, 1.54) is 22.8 Å². The van der Waals surface area contributed by atoms with Crippen LogP contribution in [0.25, 0.3) is 16.2 Å². The smallest absolute Gasteiger partial charge is 0.307 e. The Morgan fingerprint density at radius 3 is 2.61 bits per heavy atom. The molecule has 2 aromatic rings. The SMILES string of the molecule is C=C(/C=C\c1sc2ccc(C#CC)cc2c1C)C(C)(CC(=O)OC)N[S+]([O-])C(C)(C)C. The molecule has 2 unspecified atom stereocenters. The molecule has 4 nitrogen and oxygen atoms in total. The Balaban J connectivity index is 2.36. The summed E-state index contributed by atoms with van der Waals surface area (Å²) in [7, 11) is 1.35. The largest absolute Gasteiger partial charge is 0.598 e. The van der Waals surface area contributed by atoms with Crippen LogP contribution in [0.15, 0.2) is 36.4 Å². The lowest BCUT2D eigenvalue weighted by atomic mass is 9.90. The molecule has 0 radical (unpaired) electrons. The van der Waals surface area contributed by atoms with Gasteiger partial charge in [-0.15, -0.1) is 22.0 Å². The minimum Gasteiger partial charge on any atom is -0.598 e. The molecule has 1 aromatic heterocycles. The number of benzene rings is 1. The summed E-state index contributed by atoms with van der Waals surface area (Å²) in [5.74, 6) is 5.65. The lowest BCUT2D eigenvalue weighted by molar-refractivity contribution is -0.141. The van der Waals surface area contributed by atoms with E-state index in [-0.39, 0.29) is 6.42 Å². The minimum atomic E-state index is -1.38. The zero-order valence-corrected chi connectivity index (χ0v) is 21.0. The fourth-order valence-corrected chi connectivity index (χ4v) is 4.93. The molecular formula is C25H31NO3S2. The number of fused-ring (bicyclic) bond motifs is 1. The molecule has 31 heavy (non-hydrogen) atoms. The van der Waals surface area contributed by atoms with E-state index in [0.717, 1.165) is 10.4 Å². The second-order valence-electron chi connectivity index (χ2n) is 8.60. The van der Waals surface area contributed by atoms with Gasteiger partial charge in [0.15, 0.2) is 0 Å². The van der Waals surface area contributed by atoms with E-state index in [1.54, 1.807) is 11.3 Å². The van der Waals surface area contributed by atoms with Crippen molar-refractivity contribution in [2.24, 2.45) is 0 Å². The summed E-state index contributed by atoms with van der Waals surface area (Å²) in [6.45, 7) is 15.6. The van der Waals surface area contributed by atoms with Gasteiger partial charge in [-0.3, -0.25) is 4.79 Å². The Morgan fingerprint density at radius 2 is 2.03 bits per heavy atom. The summed E-state index contributed by atoms with van der Waals surface area (Å²) >= 11 is 0.314. The highest BCUT2D eigenvalue weighted by Crippen LogP contribution is 2.33. The van der Waals surface area contributed by atoms with Crippen LogP contribution >= 0.6 is 11.3 Å². The number of esters is 1. The fourth-order valence-electron chi connectivity index (χ4n) is 2.91. The summed E-state index contributed by atoms with van der Waals surface area (Å²) in [6, 6.07) is 6.23. The predicted octanol–water partition coefficient (Wildman–Crippen LogP) is 5.52. The van der Waals surface area contributed by atoms with Gasteiger partial charge < -0.3 is 9.29 Å². The summed E-state index contributed by atoms with van der Waals surface area (Å²) in [4.78, 5) is 13.2. The average Bonchev–Trinajstić information content (AvgIpc) is 3.00. The molecule has 2 atom stereocenters. The van der Waals surface area contributed by atoms with Gasteiger partial charge in [-0.25, -0.2) is 0 Å². The molecule has 166 valence electrons. The maximum Gasteiger partial charge on any atom is 0.307 e. The molecule has 0 bridgehead atoms. The van der Waals surface area contributed by atoms with E-state index < -0.39 is 27.6 Å². The van der Waals surface area contributed by atoms with Gasteiger partial charge in [-0.1, -0.05) is 18.6 Å². The summed E-state index contributed by atoms with van der Waals surface area (Å²) in [5.41, 5.74) is 1.92. The molecule has 0 amide bonds. The lowest BCUT2D eigenvalue weighted by Gasteiger charge is -2.34. The van der Waals surface area contributed by atoms with Crippen LogP contribution in [0.5, 0.6) is 0 Å². The maximum absolute atomic E-state index is 12.8. The molecule has 0 aliphatic carbocycles. The monoisotopic (exact) mass is 457 g/mol. The highest BCUT2D eigenvalue weighted by molar-refractivity contribution is 7.90. The Morgan fingerprint density at radius 1 is 1.35 bits per heavy atom. The molecule has 0 aliphatic rings. The highest BCUT2D eigenvalue weighted by atomic mass is 32.2. The normalized spacial score (nSPS) is 14.7. The van der Waals surface area contributed by atoms with Crippen molar-refractivity contribution in [1.82, 2.24) is 4.72 Å². The highest BCUT2D eigenvalue weighted by Gasteiger charge is 2.39. The van der Waals surface area contributed by atoms with E-state index in [2.05, 4.69) is 42.2 Å². The van der Waals surface area contributed by atoms with Crippen LogP contribution in [-0.4, -0.2) is 27.9 Å². The van der Waals surface area contributed by atoms with Crippen molar-refractivity contribution >= 4 is 44.8 Å². The quantitative estimate of drug-likeness (QED) is 0.257. The van der Waals surface area contributed by atoms with Gasteiger partial charge in [0.05, 0.1) is 19.1 Å². The third kappa shape index (κ3) is 6.24. The zero-order valence-electron chi connectivity index (χ0n) is 19.3. The van der Waals surface area contributed by atoms with E-state index in [1.807, 2.05) is 52.8 Å². The van der Waals surface area contributed by atoms with Crippen LogP contribution < -0.4 is 4.72 Å². The number of methoxy groups -OCH3 is 1. The minimum absolute atomic E-state index is 0.0267. The van der Waals surface area contributed by atoms with Crippen molar-refractivity contribution in [2.75, 3.05) is 7.11 Å². The Labute approximate surface area is 193 Å². The molecule has 0 aliphatic heterocycles. The van der Waals surface area contributed by atoms with Crippen LogP contribution in [0.2, 0.25) is 0 Å². The van der Waals surface area contributed by atoms with Crippen LogP contribution in [0.4, 0.5) is 0 Å². The van der Waals surface area contributed by atoms with Crippen LogP contribution in [0, 0.1) is 18.8 Å². The first-order valence-corrected chi connectivity index (χ1v) is 12.0. The van der Waals surface area contributed by atoms with Gasteiger partial charge in [-0.05, 0) is 82.3 Å². The average molecular weight is 458 g/mol. The number of carbonyl (C=O) groups is 1. The molecular weight excluding hydrogens is 426 g/mol. The summed E-state index contributed by atoms with van der Waals surface area (Å²) < 4.78 is 21.4. The second kappa shape index (κ2) is 10.1. The molecule has 1 N–H and O–H groups in total. The number of hydrogen-bond donors (Lipinski definition) is 1. The molecule has 1 aromatic carbocycles. The van der Waals surface area contributed by atoms with Crippen LogP contribution in [-0.2, 0) is 20.9 Å².